The molecule has 1 aromatic rings. The predicted octanol–water partition coefficient (Wildman–Crippen LogP) is 1.35. The van der Waals surface area contributed by atoms with Crippen molar-refractivity contribution >= 4 is 0 Å². The van der Waals surface area contributed by atoms with Crippen molar-refractivity contribution in [1.29, 1.82) is 0 Å². The van der Waals surface area contributed by atoms with Crippen LogP contribution < -0.4 is 5.32 Å². The Bertz CT molecular complexity index is 257. The van der Waals surface area contributed by atoms with Crippen LogP contribution in [0.1, 0.15) is 18.4 Å². The summed E-state index contributed by atoms with van der Waals surface area (Å²) in [4.78, 5) is 4.06. The lowest BCUT2D eigenvalue weighted by Gasteiger charge is -2.10. The number of ether oxygens (including phenoxy) is 1. The molecule has 3 nitrogen and oxygen atoms in total. The second kappa shape index (κ2) is 5.08. The van der Waals surface area contributed by atoms with Gasteiger partial charge >= 0.3 is 0 Å². The van der Waals surface area contributed by atoms with Crippen LogP contribution in [-0.2, 0) is 11.3 Å². The van der Waals surface area contributed by atoms with Crippen LogP contribution in [0.3, 0.4) is 0 Å². The summed E-state index contributed by atoms with van der Waals surface area (Å²) in [7, 11) is 0. The Balaban J connectivity index is 1.67. The normalized spacial score (nSPS) is 21.3. The van der Waals surface area contributed by atoms with Crippen LogP contribution >= 0.6 is 0 Å². The molecule has 1 fully saturated rings. The maximum atomic E-state index is 5.51. The summed E-state index contributed by atoms with van der Waals surface area (Å²) in [5.74, 6) is 0. The van der Waals surface area contributed by atoms with Gasteiger partial charge in [-0.25, -0.2) is 0 Å². The maximum absolute atomic E-state index is 5.51. The van der Waals surface area contributed by atoms with Crippen molar-refractivity contribution in [3.05, 3.63) is 30.1 Å². The van der Waals surface area contributed by atoms with E-state index in [9.17, 15) is 0 Å². The molecule has 0 unspecified atom stereocenters. The Hall–Kier alpha value is -0.930. The van der Waals surface area contributed by atoms with Crippen LogP contribution in [0.2, 0.25) is 0 Å². The van der Waals surface area contributed by atoms with E-state index in [0.29, 0.717) is 6.10 Å². The van der Waals surface area contributed by atoms with E-state index >= 15 is 0 Å². The minimum Gasteiger partial charge on any atom is -0.377 e. The van der Waals surface area contributed by atoms with Gasteiger partial charge in [0.15, 0.2) is 0 Å². The first-order valence-electron chi connectivity index (χ1n) is 5.16. The van der Waals surface area contributed by atoms with Crippen LogP contribution in [0, 0.1) is 0 Å². The van der Waals surface area contributed by atoms with Gasteiger partial charge in [-0.05, 0) is 24.5 Å². The molecule has 3 heteroatoms. The topological polar surface area (TPSA) is 34.2 Å². The average molecular weight is 192 g/mol. The fraction of sp³-hybridized carbons (Fsp3) is 0.545. The molecule has 0 aliphatic carbocycles. The van der Waals surface area contributed by atoms with E-state index in [0.717, 1.165) is 19.7 Å². The van der Waals surface area contributed by atoms with Gasteiger partial charge in [0, 0.05) is 32.1 Å². The third kappa shape index (κ3) is 2.79. The summed E-state index contributed by atoms with van der Waals surface area (Å²) in [6.45, 7) is 2.77. The highest BCUT2D eigenvalue weighted by molar-refractivity contribution is 5.07. The minimum atomic E-state index is 0.423. The van der Waals surface area contributed by atoms with Gasteiger partial charge in [-0.3, -0.25) is 4.98 Å². The van der Waals surface area contributed by atoms with Crippen molar-refractivity contribution in [3.63, 3.8) is 0 Å². The lowest BCUT2D eigenvalue weighted by atomic mass is 10.2. The van der Waals surface area contributed by atoms with E-state index in [1.54, 1.807) is 6.20 Å². The number of nitrogens with zero attached hydrogens (tertiary/aromatic N) is 1. The highest BCUT2D eigenvalue weighted by atomic mass is 16.5. The molecular weight excluding hydrogens is 176 g/mol. The van der Waals surface area contributed by atoms with E-state index in [2.05, 4.69) is 16.4 Å². The molecule has 2 rings (SSSR count). The molecule has 0 saturated carbocycles. The van der Waals surface area contributed by atoms with Crippen LogP contribution in [0.4, 0.5) is 0 Å². The van der Waals surface area contributed by atoms with Crippen molar-refractivity contribution in [2.24, 2.45) is 0 Å². The zero-order valence-corrected chi connectivity index (χ0v) is 8.28. The standard InChI is InChI=1S/C11H16N2O/c1-3-10(7-12-5-1)8-13-9-11-4-2-6-14-11/h1,3,5,7,11,13H,2,4,6,8-9H2/t11-/m1/s1. The molecule has 0 amide bonds. The first kappa shape index (κ1) is 9.62. The van der Waals surface area contributed by atoms with Crippen molar-refractivity contribution < 1.29 is 4.74 Å². The van der Waals surface area contributed by atoms with E-state index in [4.69, 9.17) is 4.74 Å². The van der Waals surface area contributed by atoms with Gasteiger partial charge < -0.3 is 10.1 Å². The van der Waals surface area contributed by atoms with E-state index in [1.807, 2.05) is 12.3 Å². The quantitative estimate of drug-likeness (QED) is 0.782. The lowest BCUT2D eigenvalue weighted by Crippen LogP contribution is -2.25. The summed E-state index contributed by atoms with van der Waals surface area (Å²) >= 11 is 0. The molecule has 2 heterocycles. The molecule has 0 aromatic carbocycles. The van der Waals surface area contributed by atoms with Crippen molar-refractivity contribution in [2.75, 3.05) is 13.2 Å². The molecule has 1 aromatic heterocycles. The maximum Gasteiger partial charge on any atom is 0.0700 e. The van der Waals surface area contributed by atoms with Gasteiger partial charge in [0.2, 0.25) is 0 Å². The predicted molar refractivity (Wildman–Crippen MR) is 54.9 cm³/mol. The van der Waals surface area contributed by atoms with Crippen LogP contribution in [-0.4, -0.2) is 24.2 Å². The third-order valence-corrected chi connectivity index (χ3v) is 2.45. The van der Waals surface area contributed by atoms with Crippen LogP contribution in [0.15, 0.2) is 24.5 Å². The summed E-state index contributed by atoms with van der Waals surface area (Å²) in [6, 6.07) is 4.04. The highest BCUT2D eigenvalue weighted by Crippen LogP contribution is 2.10. The van der Waals surface area contributed by atoms with E-state index in [1.165, 1.54) is 18.4 Å². The first-order valence-corrected chi connectivity index (χ1v) is 5.16. The van der Waals surface area contributed by atoms with Gasteiger partial charge in [0.05, 0.1) is 6.10 Å². The SMILES string of the molecule is c1cncc(CNC[C@H]2CCCO2)c1. The Labute approximate surface area is 84.5 Å². The number of rotatable bonds is 4. The molecule has 1 saturated heterocycles. The Morgan fingerprint density at radius 3 is 3.29 bits per heavy atom. The minimum absolute atomic E-state index is 0.423. The van der Waals surface area contributed by atoms with Crippen LogP contribution in [0.5, 0.6) is 0 Å². The van der Waals surface area contributed by atoms with Gasteiger partial charge in [-0.2, -0.15) is 0 Å². The average Bonchev–Trinajstić information content (AvgIpc) is 2.72. The van der Waals surface area contributed by atoms with Crippen molar-refractivity contribution in [3.8, 4) is 0 Å². The molecular formula is C11H16N2O. The number of nitrogens with one attached hydrogen (secondary N) is 1. The molecule has 1 atom stereocenters. The second-order valence-electron chi connectivity index (χ2n) is 3.63. The van der Waals surface area contributed by atoms with Crippen molar-refractivity contribution in [1.82, 2.24) is 10.3 Å². The van der Waals surface area contributed by atoms with Gasteiger partial charge in [-0.1, -0.05) is 6.07 Å². The van der Waals surface area contributed by atoms with Gasteiger partial charge in [-0.15, -0.1) is 0 Å². The fourth-order valence-electron chi connectivity index (χ4n) is 1.69. The van der Waals surface area contributed by atoms with Crippen molar-refractivity contribution in [2.45, 2.75) is 25.5 Å². The molecule has 1 N–H and O–H groups in total. The zero-order valence-electron chi connectivity index (χ0n) is 8.28. The molecule has 0 radical (unpaired) electrons. The third-order valence-electron chi connectivity index (χ3n) is 2.45. The Morgan fingerprint density at radius 1 is 1.57 bits per heavy atom. The second-order valence-corrected chi connectivity index (χ2v) is 3.63. The van der Waals surface area contributed by atoms with Crippen LogP contribution in [0.25, 0.3) is 0 Å². The summed E-state index contributed by atoms with van der Waals surface area (Å²) < 4.78 is 5.51. The Kier molecular flexibility index (Phi) is 3.49. The Morgan fingerprint density at radius 2 is 2.57 bits per heavy atom. The molecule has 14 heavy (non-hydrogen) atoms. The lowest BCUT2D eigenvalue weighted by molar-refractivity contribution is 0.110. The largest absolute Gasteiger partial charge is 0.377 e. The van der Waals surface area contributed by atoms with Gasteiger partial charge in [0.25, 0.3) is 0 Å². The van der Waals surface area contributed by atoms with Gasteiger partial charge in [0.1, 0.15) is 0 Å². The number of aromatic nitrogens is 1. The zero-order chi connectivity index (χ0) is 9.64. The summed E-state index contributed by atoms with van der Waals surface area (Å²) in [5, 5.41) is 3.38. The molecule has 1 aliphatic rings. The molecule has 0 spiro atoms. The monoisotopic (exact) mass is 192 g/mol. The molecule has 1 aliphatic heterocycles. The van der Waals surface area contributed by atoms with E-state index in [-0.39, 0.29) is 0 Å². The number of hydrogen-bond acceptors (Lipinski definition) is 3. The summed E-state index contributed by atoms with van der Waals surface area (Å²) in [6.07, 6.45) is 6.51. The first-order chi connectivity index (χ1) is 6.95. The smallest absolute Gasteiger partial charge is 0.0700 e. The molecule has 0 bridgehead atoms. The number of hydrogen-bond donors (Lipinski definition) is 1. The van der Waals surface area contributed by atoms with E-state index < -0.39 is 0 Å². The highest BCUT2D eigenvalue weighted by Gasteiger charge is 2.14. The number of pyridine rings is 1. The summed E-state index contributed by atoms with van der Waals surface area (Å²) in [5.41, 5.74) is 1.23. The fourth-order valence-corrected chi connectivity index (χ4v) is 1.69. The molecule has 76 valence electrons.